The van der Waals surface area contributed by atoms with Gasteiger partial charge in [-0.1, -0.05) is 28.9 Å². The van der Waals surface area contributed by atoms with Crippen LogP contribution in [0.1, 0.15) is 16.2 Å². The van der Waals surface area contributed by atoms with Crippen molar-refractivity contribution in [1.29, 1.82) is 0 Å². The second-order valence-electron chi connectivity index (χ2n) is 6.48. The zero-order valence-electron chi connectivity index (χ0n) is 15.5. The second kappa shape index (κ2) is 7.92. The third-order valence-electron chi connectivity index (χ3n) is 4.54. The molecule has 0 atom stereocenters. The number of ether oxygens (including phenoxy) is 1. The minimum Gasteiger partial charge on any atom is -0.482 e. The fourth-order valence-corrected chi connectivity index (χ4v) is 3.02. The number of carbonyl (C=O) groups is 2. The third kappa shape index (κ3) is 4.07. The van der Waals surface area contributed by atoms with E-state index in [9.17, 15) is 9.59 Å². The average molecular weight is 413 g/mol. The zero-order chi connectivity index (χ0) is 20.4. The molecule has 1 aliphatic heterocycles. The van der Waals surface area contributed by atoms with Crippen molar-refractivity contribution in [3.63, 3.8) is 0 Å². The molecule has 2 heterocycles. The van der Waals surface area contributed by atoms with Crippen molar-refractivity contribution >= 4 is 29.1 Å². The van der Waals surface area contributed by atoms with E-state index in [1.807, 2.05) is 12.1 Å². The van der Waals surface area contributed by atoms with Gasteiger partial charge in [0.2, 0.25) is 5.82 Å². The number of hydrogen-bond donors (Lipinski definition) is 1. The van der Waals surface area contributed by atoms with Crippen molar-refractivity contribution in [3.05, 3.63) is 58.9 Å². The lowest BCUT2D eigenvalue weighted by Crippen LogP contribution is -2.35. The van der Waals surface area contributed by atoms with Gasteiger partial charge in [-0.3, -0.25) is 9.59 Å². The highest BCUT2D eigenvalue weighted by Crippen LogP contribution is 2.34. The van der Waals surface area contributed by atoms with Crippen LogP contribution in [0.2, 0.25) is 5.02 Å². The van der Waals surface area contributed by atoms with Gasteiger partial charge < -0.3 is 19.5 Å². The summed E-state index contributed by atoms with van der Waals surface area (Å²) in [5.41, 5.74) is 2.34. The number of likely N-dealkylation sites (N-methyl/N-ethyl adjacent to an activating group) is 1. The maximum Gasteiger partial charge on any atom is 0.316 e. The predicted octanol–water partition coefficient (Wildman–Crippen LogP) is 2.72. The zero-order valence-corrected chi connectivity index (χ0v) is 16.3. The Balaban J connectivity index is 1.41. The van der Waals surface area contributed by atoms with Crippen molar-refractivity contribution in [2.75, 3.05) is 25.1 Å². The van der Waals surface area contributed by atoms with E-state index in [2.05, 4.69) is 15.5 Å². The van der Waals surface area contributed by atoms with E-state index in [0.29, 0.717) is 35.0 Å². The molecule has 0 unspecified atom stereocenters. The van der Waals surface area contributed by atoms with Crippen LogP contribution in [0.25, 0.3) is 11.4 Å². The largest absolute Gasteiger partial charge is 0.482 e. The lowest BCUT2D eigenvalue weighted by Gasteiger charge is -2.25. The number of nitrogens with one attached hydrogen (secondary N) is 1. The standard InChI is InChI=1S/C20H17ClN4O4/c1-25-15-7-4-13(10-16(15)28-11-17(25)26)18-23-20(29-24-18)19(27)22-9-8-12-2-5-14(21)6-3-12/h2-7,10H,8-9,11H2,1H3,(H,22,27). The van der Waals surface area contributed by atoms with Crippen LogP contribution in [0.15, 0.2) is 47.0 Å². The number of carbonyl (C=O) groups excluding carboxylic acids is 2. The van der Waals surface area contributed by atoms with Crippen molar-refractivity contribution < 1.29 is 18.8 Å². The summed E-state index contributed by atoms with van der Waals surface area (Å²) >= 11 is 5.86. The van der Waals surface area contributed by atoms with Crippen LogP contribution in [0.5, 0.6) is 5.75 Å². The smallest absolute Gasteiger partial charge is 0.316 e. The molecule has 148 valence electrons. The van der Waals surface area contributed by atoms with Gasteiger partial charge in [0.25, 0.3) is 5.91 Å². The van der Waals surface area contributed by atoms with Crippen LogP contribution in [0.3, 0.4) is 0 Å². The van der Waals surface area contributed by atoms with Gasteiger partial charge in [0, 0.05) is 24.2 Å². The maximum absolute atomic E-state index is 12.2. The molecule has 3 aromatic rings. The summed E-state index contributed by atoms with van der Waals surface area (Å²) in [4.78, 5) is 29.6. The molecule has 1 N–H and O–H groups in total. The Hall–Kier alpha value is -3.39. The van der Waals surface area contributed by atoms with E-state index in [4.69, 9.17) is 20.9 Å². The van der Waals surface area contributed by atoms with E-state index in [0.717, 1.165) is 5.56 Å². The predicted molar refractivity (Wildman–Crippen MR) is 106 cm³/mol. The number of fused-ring (bicyclic) bond motifs is 1. The molecule has 1 aromatic heterocycles. The van der Waals surface area contributed by atoms with Gasteiger partial charge in [-0.15, -0.1) is 0 Å². The maximum atomic E-state index is 12.2. The summed E-state index contributed by atoms with van der Waals surface area (Å²) < 4.78 is 10.5. The van der Waals surface area contributed by atoms with Gasteiger partial charge in [-0.2, -0.15) is 4.98 Å². The molecule has 0 fully saturated rings. The molecule has 2 aromatic carbocycles. The Morgan fingerprint density at radius 3 is 2.83 bits per heavy atom. The van der Waals surface area contributed by atoms with Gasteiger partial charge in [0.1, 0.15) is 5.75 Å². The minimum atomic E-state index is -0.447. The Kier molecular flexibility index (Phi) is 5.18. The average Bonchev–Trinajstić information content (AvgIpc) is 3.22. The molecule has 2 amide bonds. The first-order valence-corrected chi connectivity index (χ1v) is 9.29. The topological polar surface area (TPSA) is 97.6 Å². The number of hydrogen-bond acceptors (Lipinski definition) is 6. The monoisotopic (exact) mass is 412 g/mol. The molecule has 0 spiro atoms. The molecule has 0 aliphatic carbocycles. The van der Waals surface area contributed by atoms with Gasteiger partial charge >= 0.3 is 11.8 Å². The summed E-state index contributed by atoms with van der Waals surface area (Å²) in [6.07, 6.45) is 0.651. The molecule has 9 heteroatoms. The Morgan fingerprint density at radius 2 is 2.03 bits per heavy atom. The fraction of sp³-hybridized carbons (Fsp3) is 0.200. The quantitative estimate of drug-likeness (QED) is 0.692. The van der Waals surface area contributed by atoms with Crippen LogP contribution in [0.4, 0.5) is 5.69 Å². The van der Waals surface area contributed by atoms with Crippen LogP contribution in [-0.4, -0.2) is 42.2 Å². The molecule has 0 radical (unpaired) electrons. The minimum absolute atomic E-state index is 0.0273. The summed E-state index contributed by atoms with van der Waals surface area (Å²) in [7, 11) is 1.68. The van der Waals surface area contributed by atoms with Gasteiger partial charge in [-0.05, 0) is 42.3 Å². The Labute approximate surface area is 171 Å². The summed E-state index contributed by atoms with van der Waals surface area (Å²) in [5.74, 6) is 0.115. The highest BCUT2D eigenvalue weighted by atomic mass is 35.5. The molecule has 0 saturated carbocycles. The molecule has 4 rings (SSSR count). The second-order valence-corrected chi connectivity index (χ2v) is 6.92. The van der Waals surface area contributed by atoms with E-state index in [1.165, 1.54) is 4.90 Å². The van der Waals surface area contributed by atoms with E-state index in [-0.39, 0.29) is 24.2 Å². The Morgan fingerprint density at radius 1 is 1.24 bits per heavy atom. The number of nitrogens with zero attached hydrogens (tertiary/aromatic N) is 3. The van der Waals surface area contributed by atoms with E-state index in [1.54, 1.807) is 37.4 Å². The molecule has 1 aliphatic rings. The highest BCUT2D eigenvalue weighted by Gasteiger charge is 2.23. The molecule has 8 nitrogen and oxygen atoms in total. The fourth-order valence-electron chi connectivity index (χ4n) is 2.90. The molecular weight excluding hydrogens is 396 g/mol. The lowest BCUT2D eigenvalue weighted by atomic mass is 10.1. The number of aromatic nitrogens is 2. The summed E-state index contributed by atoms with van der Waals surface area (Å²) in [6.45, 7) is 0.395. The van der Waals surface area contributed by atoms with Crippen LogP contribution < -0.4 is 15.0 Å². The van der Waals surface area contributed by atoms with Gasteiger partial charge in [0.15, 0.2) is 6.61 Å². The molecule has 0 bridgehead atoms. The number of anilines is 1. The normalized spacial score (nSPS) is 13.0. The number of benzene rings is 2. The number of amides is 2. The first-order valence-electron chi connectivity index (χ1n) is 8.91. The highest BCUT2D eigenvalue weighted by molar-refractivity contribution is 6.30. The first kappa shape index (κ1) is 18.9. The van der Waals surface area contributed by atoms with Crippen LogP contribution in [0, 0.1) is 0 Å². The van der Waals surface area contributed by atoms with E-state index < -0.39 is 5.91 Å². The van der Waals surface area contributed by atoms with Crippen molar-refractivity contribution in [2.24, 2.45) is 0 Å². The number of halogens is 1. The van der Waals surface area contributed by atoms with Crippen molar-refractivity contribution in [1.82, 2.24) is 15.5 Å². The van der Waals surface area contributed by atoms with Crippen LogP contribution >= 0.6 is 11.6 Å². The van der Waals surface area contributed by atoms with Gasteiger partial charge in [0.05, 0.1) is 5.69 Å². The van der Waals surface area contributed by atoms with Gasteiger partial charge in [-0.25, -0.2) is 0 Å². The first-order chi connectivity index (χ1) is 14.0. The summed E-state index contributed by atoms with van der Waals surface area (Å²) in [6, 6.07) is 12.6. The van der Waals surface area contributed by atoms with Crippen molar-refractivity contribution in [3.8, 4) is 17.1 Å². The molecule has 29 heavy (non-hydrogen) atoms. The molecule has 0 saturated heterocycles. The van der Waals surface area contributed by atoms with Crippen molar-refractivity contribution in [2.45, 2.75) is 6.42 Å². The van der Waals surface area contributed by atoms with E-state index >= 15 is 0 Å². The third-order valence-corrected chi connectivity index (χ3v) is 4.79. The Bertz CT molecular complexity index is 1060. The van der Waals surface area contributed by atoms with Crippen LogP contribution in [-0.2, 0) is 11.2 Å². The SMILES string of the molecule is CN1C(=O)COc2cc(-c3noc(C(=O)NCCc4ccc(Cl)cc4)n3)ccc21. The number of rotatable bonds is 5. The lowest BCUT2D eigenvalue weighted by molar-refractivity contribution is -0.120. The summed E-state index contributed by atoms with van der Waals surface area (Å²) in [5, 5.41) is 7.29. The molecular formula is C20H17ClN4O4.